The molecule has 0 amide bonds. The normalized spacial score (nSPS) is 10.2. The monoisotopic (exact) mass is 239 g/mol. The van der Waals surface area contributed by atoms with E-state index in [-0.39, 0.29) is 11.3 Å². The molecule has 0 atom stereocenters. The van der Waals surface area contributed by atoms with Gasteiger partial charge in [-0.1, -0.05) is 15.9 Å². The Morgan fingerprint density at radius 1 is 1.38 bits per heavy atom. The van der Waals surface area contributed by atoms with Crippen LogP contribution in [0.2, 0.25) is 0 Å². The van der Waals surface area contributed by atoms with E-state index in [4.69, 9.17) is 9.68 Å². The standard InChI is InChI=1S/C9H3BrFNO/c10-6-1-5-2-7(4-12)13-9(5)8(11)3-6/h1-3H. The molecule has 2 rings (SSSR count). The van der Waals surface area contributed by atoms with Crippen LogP contribution in [-0.2, 0) is 0 Å². The quantitative estimate of drug-likeness (QED) is 0.708. The molecule has 0 aliphatic carbocycles. The Bertz CT molecular complexity index is 512. The molecule has 1 heterocycles. The molecule has 0 aliphatic rings. The van der Waals surface area contributed by atoms with E-state index in [2.05, 4.69) is 15.9 Å². The Morgan fingerprint density at radius 3 is 2.85 bits per heavy atom. The predicted octanol–water partition coefficient (Wildman–Crippen LogP) is 3.21. The summed E-state index contributed by atoms with van der Waals surface area (Å²) >= 11 is 3.15. The molecule has 13 heavy (non-hydrogen) atoms. The molecule has 0 N–H and O–H groups in total. The van der Waals surface area contributed by atoms with E-state index in [0.29, 0.717) is 9.86 Å². The first-order chi connectivity index (χ1) is 6.20. The highest BCUT2D eigenvalue weighted by atomic mass is 79.9. The Hall–Kier alpha value is -1.34. The zero-order chi connectivity index (χ0) is 9.42. The van der Waals surface area contributed by atoms with Crippen LogP contribution < -0.4 is 0 Å². The van der Waals surface area contributed by atoms with Gasteiger partial charge in [-0.25, -0.2) is 4.39 Å². The van der Waals surface area contributed by atoms with Crippen molar-refractivity contribution in [2.24, 2.45) is 0 Å². The minimum Gasteiger partial charge on any atom is -0.442 e. The summed E-state index contributed by atoms with van der Waals surface area (Å²) in [6.07, 6.45) is 0. The van der Waals surface area contributed by atoms with Gasteiger partial charge in [0.15, 0.2) is 11.4 Å². The van der Waals surface area contributed by atoms with Crippen molar-refractivity contribution in [3.05, 3.63) is 34.2 Å². The molecular weight excluding hydrogens is 237 g/mol. The van der Waals surface area contributed by atoms with E-state index in [0.717, 1.165) is 0 Å². The number of nitriles is 1. The van der Waals surface area contributed by atoms with Crippen LogP contribution in [0.4, 0.5) is 4.39 Å². The van der Waals surface area contributed by atoms with Crippen molar-refractivity contribution < 1.29 is 8.81 Å². The molecule has 2 aromatic rings. The lowest BCUT2D eigenvalue weighted by atomic mass is 10.2. The number of furan rings is 1. The fourth-order valence-corrected chi connectivity index (χ4v) is 1.58. The number of halogens is 2. The number of rotatable bonds is 0. The molecule has 1 aromatic heterocycles. The summed E-state index contributed by atoms with van der Waals surface area (Å²) in [6.45, 7) is 0. The zero-order valence-electron chi connectivity index (χ0n) is 6.34. The molecule has 0 spiro atoms. The van der Waals surface area contributed by atoms with Crippen molar-refractivity contribution in [1.82, 2.24) is 0 Å². The van der Waals surface area contributed by atoms with Gasteiger partial charge in [0.2, 0.25) is 5.76 Å². The van der Waals surface area contributed by atoms with Gasteiger partial charge in [-0.15, -0.1) is 0 Å². The van der Waals surface area contributed by atoms with Crippen LogP contribution in [0.3, 0.4) is 0 Å². The minimum absolute atomic E-state index is 0.118. The summed E-state index contributed by atoms with van der Waals surface area (Å²) in [5.41, 5.74) is 0.125. The van der Waals surface area contributed by atoms with E-state index >= 15 is 0 Å². The average molecular weight is 240 g/mol. The molecule has 0 radical (unpaired) electrons. The molecule has 0 unspecified atom stereocenters. The number of hydrogen-bond donors (Lipinski definition) is 0. The number of nitrogens with zero attached hydrogens (tertiary/aromatic N) is 1. The minimum atomic E-state index is -0.467. The van der Waals surface area contributed by atoms with E-state index in [1.165, 1.54) is 12.1 Å². The molecule has 64 valence electrons. The zero-order valence-corrected chi connectivity index (χ0v) is 7.93. The predicted molar refractivity (Wildman–Crippen MR) is 48.6 cm³/mol. The average Bonchev–Trinajstić information content (AvgIpc) is 2.47. The molecule has 0 fully saturated rings. The maximum absolute atomic E-state index is 13.2. The van der Waals surface area contributed by atoms with Gasteiger partial charge in [0, 0.05) is 15.9 Å². The summed E-state index contributed by atoms with van der Waals surface area (Å²) in [6, 6.07) is 6.31. The third-order valence-electron chi connectivity index (χ3n) is 1.65. The summed E-state index contributed by atoms with van der Waals surface area (Å²) < 4.78 is 18.7. The lowest BCUT2D eigenvalue weighted by Gasteiger charge is -1.91. The fraction of sp³-hybridized carbons (Fsp3) is 0. The SMILES string of the molecule is N#Cc1cc2cc(Br)cc(F)c2o1. The summed E-state index contributed by atoms with van der Waals surface area (Å²) in [5.74, 6) is -0.349. The summed E-state index contributed by atoms with van der Waals surface area (Å²) in [4.78, 5) is 0. The van der Waals surface area contributed by atoms with Crippen molar-refractivity contribution in [3.8, 4) is 6.07 Å². The van der Waals surface area contributed by atoms with Gasteiger partial charge in [0.25, 0.3) is 0 Å². The first kappa shape index (κ1) is 8.27. The van der Waals surface area contributed by atoms with Crippen LogP contribution in [0.1, 0.15) is 5.76 Å². The van der Waals surface area contributed by atoms with Gasteiger partial charge in [-0.05, 0) is 12.1 Å². The van der Waals surface area contributed by atoms with Gasteiger partial charge in [0.05, 0.1) is 0 Å². The molecular formula is C9H3BrFNO. The van der Waals surface area contributed by atoms with Crippen LogP contribution >= 0.6 is 15.9 Å². The largest absolute Gasteiger partial charge is 0.442 e. The highest BCUT2D eigenvalue weighted by Crippen LogP contribution is 2.25. The Morgan fingerprint density at radius 2 is 2.15 bits per heavy atom. The van der Waals surface area contributed by atoms with Gasteiger partial charge in [-0.3, -0.25) is 0 Å². The highest BCUT2D eigenvalue weighted by Gasteiger charge is 2.08. The maximum atomic E-state index is 13.2. The van der Waals surface area contributed by atoms with E-state index in [9.17, 15) is 4.39 Å². The number of hydrogen-bond acceptors (Lipinski definition) is 2. The second-order valence-corrected chi connectivity index (χ2v) is 3.44. The molecule has 0 saturated heterocycles. The first-order valence-corrected chi connectivity index (χ1v) is 4.28. The Labute approximate surface area is 81.7 Å². The molecule has 1 aromatic carbocycles. The van der Waals surface area contributed by atoms with Crippen molar-refractivity contribution >= 4 is 26.9 Å². The van der Waals surface area contributed by atoms with E-state index in [1.54, 1.807) is 6.07 Å². The molecule has 0 saturated carbocycles. The van der Waals surface area contributed by atoms with Crippen LogP contribution in [-0.4, -0.2) is 0 Å². The maximum Gasteiger partial charge on any atom is 0.204 e. The third-order valence-corrected chi connectivity index (χ3v) is 2.10. The Kier molecular flexibility index (Phi) is 1.82. The van der Waals surface area contributed by atoms with Crippen LogP contribution in [0.5, 0.6) is 0 Å². The number of fused-ring (bicyclic) bond motifs is 1. The third kappa shape index (κ3) is 1.31. The molecule has 0 aliphatic heterocycles. The van der Waals surface area contributed by atoms with Gasteiger partial charge >= 0.3 is 0 Å². The van der Waals surface area contributed by atoms with Crippen molar-refractivity contribution in [3.63, 3.8) is 0 Å². The second-order valence-electron chi connectivity index (χ2n) is 2.53. The summed E-state index contributed by atoms with van der Waals surface area (Å²) in [5, 5.41) is 9.11. The molecule has 4 heteroatoms. The Balaban J connectivity index is 2.84. The van der Waals surface area contributed by atoms with Crippen molar-refractivity contribution in [2.75, 3.05) is 0 Å². The second kappa shape index (κ2) is 2.86. The first-order valence-electron chi connectivity index (χ1n) is 3.49. The van der Waals surface area contributed by atoms with Gasteiger partial charge in [0.1, 0.15) is 6.07 Å². The smallest absolute Gasteiger partial charge is 0.204 e. The fourth-order valence-electron chi connectivity index (χ4n) is 1.13. The van der Waals surface area contributed by atoms with Crippen LogP contribution in [0.15, 0.2) is 27.1 Å². The van der Waals surface area contributed by atoms with Crippen molar-refractivity contribution in [1.29, 1.82) is 5.26 Å². The summed E-state index contributed by atoms with van der Waals surface area (Å²) in [7, 11) is 0. The topological polar surface area (TPSA) is 36.9 Å². The lowest BCUT2D eigenvalue weighted by molar-refractivity contribution is 0.551. The van der Waals surface area contributed by atoms with Crippen LogP contribution in [0, 0.1) is 17.1 Å². The van der Waals surface area contributed by atoms with Crippen molar-refractivity contribution in [2.45, 2.75) is 0 Å². The molecule has 0 bridgehead atoms. The van der Waals surface area contributed by atoms with Gasteiger partial charge in [-0.2, -0.15) is 5.26 Å². The van der Waals surface area contributed by atoms with Crippen LogP contribution in [0.25, 0.3) is 11.0 Å². The van der Waals surface area contributed by atoms with E-state index < -0.39 is 5.82 Å². The van der Waals surface area contributed by atoms with Gasteiger partial charge < -0.3 is 4.42 Å². The number of benzene rings is 1. The van der Waals surface area contributed by atoms with E-state index in [1.807, 2.05) is 6.07 Å². The molecule has 2 nitrogen and oxygen atoms in total. The lowest BCUT2D eigenvalue weighted by Crippen LogP contribution is -1.74. The highest BCUT2D eigenvalue weighted by molar-refractivity contribution is 9.10.